The summed E-state index contributed by atoms with van der Waals surface area (Å²) in [6, 6.07) is 7.34. The van der Waals surface area contributed by atoms with Gasteiger partial charge in [0.1, 0.15) is 19.3 Å². The fourth-order valence-corrected chi connectivity index (χ4v) is 10.7. The number of hydrogen-bond acceptors (Lipinski definition) is 10. The Morgan fingerprint density at radius 3 is 1.99 bits per heavy atom. The monoisotopic (exact) mass is 1020 g/mol. The smallest absolute Gasteiger partial charge is 0.303 e. The van der Waals surface area contributed by atoms with Crippen LogP contribution in [0.15, 0.2) is 82.6 Å². The minimum Gasteiger partial charge on any atom is -0.756 e. The van der Waals surface area contributed by atoms with Gasteiger partial charge >= 0.3 is 5.97 Å². The minimum absolute atomic E-state index is 0.000404. The van der Waals surface area contributed by atoms with Crippen molar-refractivity contribution in [3.8, 4) is 0 Å². The molecule has 0 saturated carbocycles. The Morgan fingerprint density at radius 1 is 0.861 bits per heavy atom. The molecule has 12 nitrogen and oxygen atoms in total. The molecule has 1 aromatic carbocycles. The third-order valence-corrected chi connectivity index (χ3v) is 15.1. The molecule has 1 aliphatic heterocycles. The number of phosphoric acid groups is 1. The van der Waals surface area contributed by atoms with Crippen LogP contribution >= 0.6 is 7.82 Å². The quantitative estimate of drug-likeness (QED) is 0.0227. The van der Waals surface area contributed by atoms with Crippen molar-refractivity contribution >= 4 is 31.3 Å². The van der Waals surface area contributed by atoms with E-state index in [4.69, 9.17) is 13.8 Å². The summed E-state index contributed by atoms with van der Waals surface area (Å²) in [6.45, 7) is 15.4. The highest BCUT2D eigenvalue weighted by atomic mass is 31.2. The Labute approximate surface area is 434 Å². The number of nitrogens with one attached hydrogen (secondary N) is 1. The fourth-order valence-electron chi connectivity index (χ4n) is 9.78. The first-order chi connectivity index (χ1) is 34.0. The molecule has 3 rings (SSSR count). The van der Waals surface area contributed by atoms with Crippen LogP contribution in [0, 0.1) is 23.7 Å². The van der Waals surface area contributed by atoms with E-state index in [1.54, 1.807) is 19.1 Å². The molecule has 2 N–H and O–H groups in total. The number of hydrogen-bond donors (Lipinski definition) is 2. The molecule has 8 atom stereocenters. The number of aliphatic hydroxyl groups excluding tert-OH is 1. The molecule has 2 aliphatic rings. The lowest BCUT2D eigenvalue weighted by Gasteiger charge is -2.30. The average Bonchev–Trinajstić information content (AvgIpc) is 3.30. The van der Waals surface area contributed by atoms with E-state index < -0.39 is 43.8 Å². The summed E-state index contributed by atoms with van der Waals surface area (Å²) < 4.78 is 30.6. The summed E-state index contributed by atoms with van der Waals surface area (Å²) in [4.78, 5) is 67.3. The summed E-state index contributed by atoms with van der Waals surface area (Å²) >= 11 is 0. The SMILES string of the molecule is CCCCCCCCCCCCCCCCCC(OP(=O)([O-])OCC[N+](C)(C)C)c1ccc(CC2=C3C[C@@H](C)C[C@H](C)[C@H](O)[C@@H](C)/C=C(\C)[C@H](OC(C)=O)[C@@H](C)/C=C\C=C(/C)C(=O)NC(=CC2=O)C3=O)cc1. The van der Waals surface area contributed by atoms with Crippen LogP contribution in [0.1, 0.15) is 188 Å². The van der Waals surface area contributed by atoms with Crippen molar-refractivity contribution in [2.45, 2.75) is 196 Å². The van der Waals surface area contributed by atoms with Gasteiger partial charge in [0.25, 0.3) is 13.7 Å². The highest BCUT2D eigenvalue weighted by molar-refractivity contribution is 7.45. The van der Waals surface area contributed by atoms with E-state index in [-0.39, 0.29) is 54.6 Å². The van der Waals surface area contributed by atoms with Crippen LogP contribution in [0.4, 0.5) is 0 Å². The van der Waals surface area contributed by atoms with Crippen molar-refractivity contribution in [2.24, 2.45) is 23.7 Å². The molecule has 1 heterocycles. The number of ketones is 2. The number of aliphatic hydroxyl groups is 1. The molecule has 0 saturated heterocycles. The summed E-state index contributed by atoms with van der Waals surface area (Å²) in [5.41, 5.74) is 3.05. The number of nitrogens with zero attached hydrogens (tertiary/aromatic N) is 1. The lowest BCUT2D eigenvalue weighted by Crippen LogP contribution is -2.37. The third-order valence-electron chi connectivity index (χ3n) is 14.1. The first kappa shape index (κ1) is 62.5. The molecule has 13 heteroatoms. The standard InChI is InChI=1S/C59H93N2O10P/c1-12-13-14-15-16-17-18-19-20-21-22-23-24-25-26-30-55(71-72(67,68)69-36-35-61(9,10)11)50-33-31-49(32-34-50)40-51-52-38-42(2)37-45(5)56(64)46(6)39-47(7)58(70-48(8)62)43(3)28-27-29-44(4)59(66)60-53(57(52)65)41-54(51)63/h27-29,31-34,39,41-43,45-46,55-56,58,64H,12-26,30,35-38,40H2,1-11H3,(H-,60,63,66,67,68)/b28-27-,44-29+,47-39+/t42-,43-,45-,46-,55?,56-,58+/m0/s1. The van der Waals surface area contributed by atoms with Gasteiger partial charge in [-0.15, -0.1) is 0 Å². The molecular weight excluding hydrogens is 928 g/mol. The van der Waals surface area contributed by atoms with E-state index in [9.17, 15) is 33.7 Å². The highest BCUT2D eigenvalue weighted by Crippen LogP contribution is 2.46. The number of rotatable bonds is 26. The van der Waals surface area contributed by atoms with Crippen molar-refractivity contribution in [3.63, 3.8) is 0 Å². The van der Waals surface area contributed by atoms with Gasteiger partial charge in [-0.05, 0) is 61.6 Å². The first-order valence-electron chi connectivity index (χ1n) is 27.3. The van der Waals surface area contributed by atoms with Gasteiger partial charge < -0.3 is 33.6 Å². The summed E-state index contributed by atoms with van der Waals surface area (Å²) in [7, 11) is 1.23. The van der Waals surface area contributed by atoms with Crippen LogP contribution in [0.5, 0.6) is 0 Å². The molecule has 0 radical (unpaired) electrons. The summed E-state index contributed by atoms with van der Waals surface area (Å²) in [5, 5.41) is 14.2. The number of ether oxygens (including phenoxy) is 1. The van der Waals surface area contributed by atoms with Gasteiger partial charge in [0.05, 0.1) is 39.0 Å². The van der Waals surface area contributed by atoms with Crippen molar-refractivity contribution in [1.29, 1.82) is 0 Å². The minimum atomic E-state index is -4.66. The fraction of sp³-hybridized carbons (Fsp3) is 0.661. The molecule has 1 amide bonds. The normalized spacial score (nSPS) is 25.1. The van der Waals surface area contributed by atoms with E-state index >= 15 is 0 Å². The Bertz CT molecular complexity index is 2100. The van der Waals surface area contributed by atoms with E-state index in [0.29, 0.717) is 46.2 Å². The molecule has 2 bridgehead atoms. The average molecular weight is 1020 g/mol. The summed E-state index contributed by atoms with van der Waals surface area (Å²) in [5.74, 6) is -2.67. The number of likely N-dealkylation sites (N-methyl/N-ethyl adjacent to an activating group) is 1. The highest BCUT2D eigenvalue weighted by Gasteiger charge is 2.33. The Kier molecular flexibility index (Phi) is 27.7. The molecule has 72 heavy (non-hydrogen) atoms. The van der Waals surface area contributed by atoms with Crippen molar-refractivity contribution in [3.05, 3.63) is 93.8 Å². The number of fused-ring (bicyclic) bond motifs is 2. The second kappa shape index (κ2) is 31.8. The summed E-state index contributed by atoms with van der Waals surface area (Å²) in [6.07, 6.45) is 26.0. The second-order valence-corrected chi connectivity index (χ2v) is 23.5. The molecule has 0 aromatic heterocycles. The molecule has 1 aromatic rings. The molecule has 0 spiro atoms. The molecular formula is C59H93N2O10P. The van der Waals surface area contributed by atoms with Gasteiger partial charge in [-0.1, -0.05) is 180 Å². The lowest BCUT2D eigenvalue weighted by atomic mass is 9.80. The van der Waals surface area contributed by atoms with Crippen LogP contribution in [-0.2, 0) is 43.9 Å². The zero-order valence-electron chi connectivity index (χ0n) is 46.1. The van der Waals surface area contributed by atoms with E-state index in [1.807, 2.05) is 92.2 Å². The van der Waals surface area contributed by atoms with Gasteiger partial charge in [0.15, 0.2) is 5.78 Å². The van der Waals surface area contributed by atoms with Crippen LogP contribution in [0.3, 0.4) is 0 Å². The number of esters is 1. The predicted octanol–water partition coefficient (Wildman–Crippen LogP) is 12.3. The maximum atomic E-state index is 14.4. The van der Waals surface area contributed by atoms with Crippen LogP contribution in [0.2, 0.25) is 0 Å². The van der Waals surface area contributed by atoms with E-state index in [1.165, 1.54) is 83.6 Å². The van der Waals surface area contributed by atoms with E-state index in [2.05, 4.69) is 12.2 Å². The zero-order chi connectivity index (χ0) is 53.4. The number of benzene rings is 1. The maximum absolute atomic E-state index is 14.4. The number of amides is 1. The van der Waals surface area contributed by atoms with E-state index in [0.717, 1.165) is 36.8 Å². The van der Waals surface area contributed by atoms with Crippen LogP contribution < -0.4 is 10.2 Å². The maximum Gasteiger partial charge on any atom is 0.303 e. The van der Waals surface area contributed by atoms with Gasteiger partial charge in [-0.2, -0.15) is 0 Å². The molecule has 1 aliphatic carbocycles. The van der Waals surface area contributed by atoms with Gasteiger partial charge in [0, 0.05) is 48.0 Å². The third kappa shape index (κ3) is 23.2. The van der Waals surface area contributed by atoms with Gasteiger partial charge in [-0.25, -0.2) is 0 Å². The van der Waals surface area contributed by atoms with Crippen molar-refractivity contribution in [1.82, 2.24) is 5.32 Å². The number of Topliss-reactive ketones (excluding diaryl/α,β-unsaturated/α-hetero) is 1. The van der Waals surface area contributed by atoms with Crippen molar-refractivity contribution in [2.75, 3.05) is 34.3 Å². The Morgan fingerprint density at radius 2 is 1.43 bits per heavy atom. The largest absolute Gasteiger partial charge is 0.756 e. The number of carbonyl (C=O) groups excluding carboxylic acids is 4. The number of allylic oxidation sites excluding steroid dienone is 5. The molecule has 2 unspecified atom stereocenters. The number of phosphoric ester groups is 1. The Hall–Kier alpha value is -3.77. The van der Waals surface area contributed by atoms with Crippen LogP contribution in [-0.4, -0.2) is 79.5 Å². The topological polar surface area (TPSA) is 168 Å². The van der Waals surface area contributed by atoms with Crippen molar-refractivity contribution < 1.29 is 52.0 Å². The number of carbonyl (C=O) groups is 4. The lowest BCUT2D eigenvalue weighted by molar-refractivity contribution is -0.870. The molecule has 404 valence electrons. The number of unbranched alkanes of at least 4 members (excludes halogenated alkanes) is 14. The van der Waals surface area contributed by atoms with Crippen LogP contribution in [0.25, 0.3) is 0 Å². The Balaban J connectivity index is 1.83. The molecule has 0 fully saturated rings. The van der Waals surface area contributed by atoms with Gasteiger partial charge in [0.2, 0.25) is 5.78 Å². The predicted molar refractivity (Wildman–Crippen MR) is 287 cm³/mol. The zero-order valence-corrected chi connectivity index (χ0v) is 47.0. The first-order valence-corrected chi connectivity index (χ1v) is 28.7. The second-order valence-electron chi connectivity index (χ2n) is 22.1. The van der Waals surface area contributed by atoms with Gasteiger partial charge in [-0.3, -0.25) is 23.7 Å². The number of quaternary nitrogens is 1.